The summed E-state index contributed by atoms with van der Waals surface area (Å²) in [5.41, 5.74) is 0.878. The van der Waals surface area contributed by atoms with E-state index in [1.165, 1.54) is 0 Å². The van der Waals surface area contributed by atoms with Gasteiger partial charge in [0.25, 0.3) is 5.91 Å². The van der Waals surface area contributed by atoms with Crippen molar-refractivity contribution in [3.05, 3.63) is 45.7 Å². The molecule has 6 heteroatoms. The van der Waals surface area contributed by atoms with Gasteiger partial charge in [-0.05, 0) is 30.1 Å². The van der Waals surface area contributed by atoms with Crippen LogP contribution in [0.5, 0.6) is 0 Å². The van der Waals surface area contributed by atoms with Crippen molar-refractivity contribution in [3.8, 4) is 0 Å². The molecule has 1 heterocycles. The Morgan fingerprint density at radius 3 is 2.88 bits per heavy atom. The lowest BCUT2D eigenvalue weighted by Gasteiger charge is -2.04. The molecule has 1 amide bonds. The first-order valence-corrected chi connectivity index (χ1v) is 6.14. The molecular weight excluding hydrogens is 258 g/mol. The van der Waals surface area contributed by atoms with E-state index >= 15 is 0 Å². The second kappa shape index (κ2) is 5.25. The zero-order valence-electron chi connectivity index (χ0n) is 9.11. The van der Waals surface area contributed by atoms with E-state index in [9.17, 15) is 4.79 Å². The number of carbonyl (C=O) groups excluding carboxylic acids is 1. The van der Waals surface area contributed by atoms with Gasteiger partial charge in [-0.25, -0.2) is 4.98 Å². The summed E-state index contributed by atoms with van der Waals surface area (Å²) in [6, 6.07) is 7.39. The second-order valence-corrected chi connectivity index (χ2v) is 4.58. The van der Waals surface area contributed by atoms with E-state index in [0.717, 1.165) is 17.1 Å². The molecule has 0 saturated carbocycles. The van der Waals surface area contributed by atoms with Crippen LogP contribution in [0.4, 0.5) is 0 Å². The van der Waals surface area contributed by atoms with E-state index in [1.54, 1.807) is 13.0 Å². The standard InChI is InChI=1S/C11H10ClN3OS/c1-7-14-11(17-15-7)10(16)13-6-8-4-2-3-5-9(8)12/h2-5H,6H2,1H3,(H,13,16). The van der Waals surface area contributed by atoms with Gasteiger partial charge in [-0.2, -0.15) is 4.37 Å². The Hall–Kier alpha value is -1.46. The third-order valence-electron chi connectivity index (χ3n) is 2.12. The highest BCUT2D eigenvalue weighted by Crippen LogP contribution is 2.14. The number of hydrogen-bond acceptors (Lipinski definition) is 4. The Morgan fingerprint density at radius 2 is 2.24 bits per heavy atom. The first kappa shape index (κ1) is 12.0. The largest absolute Gasteiger partial charge is 0.346 e. The van der Waals surface area contributed by atoms with E-state index < -0.39 is 0 Å². The maximum Gasteiger partial charge on any atom is 0.282 e. The highest BCUT2D eigenvalue weighted by Gasteiger charge is 2.10. The number of carbonyl (C=O) groups is 1. The summed E-state index contributed by atoms with van der Waals surface area (Å²) < 4.78 is 3.95. The monoisotopic (exact) mass is 267 g/mol. The van der Waals surface area contributed by atoms with Gasteiger partial charge in [0.05, 0.1) is 0 Å². The fourth-order valence-electron chi connectivity index (χ4n) is 1.28. The predicted molar refractivity (Wildman–Crippen MR) is 67.3 cm³/mol. The summed E-state index contributed by atoms with van der Waals surface area (Å²) in [5.74, 6) is 0.383. The van der Waals surface area contributed by atoms with E-state index in [2.05, 4.69) is 14.7 Å². The fourth-order valence-corrected chi connectivity index (χ4v) is 2.07. The zero-order valence-corrected chi connectivity index (χ0v) is 10.7. The van der Waals surface area contributed by atoms with Crippen LogP contribution in [-0.2, 0) is 6.54 Å². The van der Waals surface area contributed by atoms with Gasteiger partial charge in [0.15, 0.2) is 0 Å². The Balaban J connectivity index is 1.99. The summed E-state index contributed by atoms with van der Waals surface area (Å²) in [6.07, 6.45) is 0. The summed E-state index contributed by atoms with van der Waals surface area (Å²) in [6.45, 7) is 2.14. The Kier molecular flexibility index (Phi) is 3.71. The molecule has 4 nitrogen and oxygen atoms in total. The van der Waals surface area contributed by atoms with Gasteiger partial charge in [-0.15, -0.1) is 0 Å². The van der Waals surface area contributed by atoms with Crippen LogP contribution in [0.25, 0.3) is 0 Å². The molecule has 0 radical (unpaired) electrons. The van der Waals surface area contributed by atoms with Gasteiger partial charge < -0.3 is 5.32 Å². The highest BCUT2D eigenvalue weighted by atomic mass is 35.5. The number of halogens is 1. The number of nitrogens with one attached hydrogen (secondary N) is 1. The molecule has 0 aliphatic carbocycles. The van der Waals surface area contributed by atoms with Crippen LogP contribution in [-0.4, -0.2) is 15.3 Å². The van der Waals surface area contributed by atoms with Crippen LogP contribution in [0.15, 0.2) is 24.3 Å². The molecule has 1 N–H and O–H groups in total. The van der Waals surface area contributed by atoms with E-state index in [4.69, 9.17) is 11.6 Å². The lowest BCUT2D eigenvalue weighted by molar-refractivity contribution is 0.0950. The van der Waals surface area contributed by atoms with Crippen molar-refractivity contribution in [2.75, 3.05) is 0 Å². The molecule has 0 aliphatic rings. The molecule has 1 aromatic heterocycles. The van der Waals surface area contributed by atoms with Crippen LogP contribution < -0.4 is 5.32 Å². The molecule has 0 fully saturated rings. The van der Waals surface area contributed by atoms with Gasteiger partial charge in [0.2, 0.25) is 5.01 Å². The number of rotatable bonds is 3. The van der Waals surface area contributed by atoms with Crippen molar-refractivity contribution in [2.24, 2.45) is 0 Å². The van der Waals surface area contributed by atoms with Gasteiger partial charge in [0, 0.05) is 11.6 Å². The molecule has 2 aromatic rings. The second-order valence-electron chi connectivity index (χ2n) is 3.42. The first-order chi connectivity index (χ1) is 8.16. The average molecular weight is 268 g/mol. The molecule has 88 valence electrons. The van der Waals surface area contributed by atoms with Crippen molar-refractivity contribution in [1.82, 2.24) is 14.7 Å². The topological polar surface area (TPSA) is 54.9 Å². The molecular formula is C11H10ClN3OS. The predicted octanol–water partition coefficient (Wildman–Crippen LogP) is 2.43. The molecule has 17 heavy (non-hydrogen) atoms. The Morgan fingerprint density at radius 1 is 1.47 bits per heavy atom. The van der Waals surface area contributed by atoms with Crippen LogP contribution in [0, 0.1) is 6.92 Å². The summed E-state index contributed by atoms with van der Waals surface area (Å²) in [7, 11) is 0. The molecule has 2 rings (SSSR count). The Bertz CT molecular complexity index is 541. The number of amides is 1. The number of aromatic nitrogens is 2. The van der Waals surface area contributed by atoms with Crippen molar-refractivity contribution in [2.45, 2.75) is 13.5 Å². The third-order valence-corrected chi connectivity index (χ3v) is 3.29. The van der Waals surface area contributed by atoms with Crippen molar-refractivity contribution < 1.29 is 4.79 Å². The van der Waals surface area contributed by atoms with Gasteiger partial charge in [0.1, 0.15) is 5.82 Å². The van der Waals surface area contributed by atoms with Crippen molar-refractivity contribution in [1.29, 1.82) is 0 Å². The minimum atomic E-state index is -0.226. The lowest BCUT2D eigenvalue weighted by atomic mass is 10.2. The highest BCUT2D eigenvalue weighted by molar-refractivity contribution is 7.07. The summed E-state index contributed by atoms with van der Waals surface area (Å²) >= 11 is 7.07. The molecule has 0 saturated heterocycles. The average Bonchev–Trinajstić information content (AvgIpc) is 2.74. The maximum absolute atomic E-state index is 11.7. The fraction of sp³-hybridized carbons (Fsp3) is 0.182. The first-order valence-electron chi connectivity index (χ1n) is 4.99. The number of nitrogens with zero attached hydrogens (tertiary/aromatic N) is 2. The maximum atomic E-state index is 11.7. The van der Waals surface area contributed by atoms with Crippen molar-refractivity contribution >= 4 is 29.0 Å². The third kappa shape index (κ3) is 3.01. The minimum Gasteiger partial charge on any atom is -0.346 e. The lowest BCUT2D eigenvalue weighted by Crippen LogP contribution is -2.22. The number of benzene rings is 1. The SMILES string of the molecule is Cc1nsc(C(=O)NCc2ccccc2Cl)n1. The summed E-state index contributed by atoms with van der Waals surface area (Å²) in [4.78, 5) is 15.7. The van der Waals surface area contributed by atoms with Gasteiger partial charge in [-0.1, -0.05) is 29.8 Å². The summed E-state index contributed by atoms with van der Waals surface area (Å²) in [5, 5.41) is 3.76. The van der Waals surface area contributed by atoms with Crippen LogP contribution in [0.3, 0.4) is 0 Å². The molecule has 1 aromatic carbocycles. The molecule has 0 spiro atoms. The normalized spacial score (nSPS) is 10.2. The zero-order chi connectivity index (χ0) is 12.3. The molecule has 0 atom stereocenters. The smallest absolute Gasteiger partial charge is 0.282 e. The van der Waals surface area contributed by atoms with E-state index in [1.807, 2.05) is 18.2 Å². The number of aryl methyl sites for hydroxylation is 1. The van der Waals surface area contributed by atoms with Crippen molar-refractivity contribution in [3.63, 3.8) is 0 Å². The molecule has 0 bridgehead atoms. The van der Waals surface area contributed by atoms with Gasteiger partial charge >= 0.3 is 0 Å². The van der Waals surface area contributed by atoms with Gasteiger partial charge in [-0.3, -0.25) is 4.79 Å². The molecule has 0 aliphatic heterocycles. The van der Waals surface area contributed by atoms with Crippen LogP contribution in [0.2, 0.25) is 5.02 Å². The quantitative estimate of drug-likeness (QED) is 0.929. The molecule has 0 unspecified atom stereocenters. The minimum absolute atomic E-state index is 0.226. The Labute approximate surface area is 108 Å². The van der Waals surface area contributed by atoms with Crippen LogP contribution in [0.1, 0.15) is 21.2 Å². The van der Waals surface area contributed by atoms with Crippen LogP contribution >= 0.6 is 23.1 Å². The van der Waals surface area contributed by atoms with E-state index in [-0.39, 0.29) is 5.91 Å². The van der Waals surface area contributed by atoms with E-state index in [0.29, 0.717) is 22.4 Å². The number of hydrogen-bond donors (Lipinski definition) is 1.